The van der Waals surface area contributed by atoms with Gasteiger partial charge in [-0.15, -0.1) is 0 Å². The van der Waals surface area contributed by atoms with Crippen LogP contribution >= 0.6 is 7.37 Å². The first-order valence-electron chi connectivity index (χ1n) is 7.78. The molecule has 4 nitrogen and oxygen atoms in total. The lowest BCUT2D eigenvalue weighted by Gasteiger charge is -2.20. The second-order valence-electron chi connectivity index (χ2n) is 6.25. The van der Waals surface area contributed by atoms with Crippen molar-refractivity contribution < 1.29 is 18.6 Å². The summed E-state index contributed by atoms with van der Waals surface area (Å²) in [6.45, 7) is 8.77. The minimum atomic E-state index is -3.03. The smallest absolute Gasteiger partial charge is 0.306 e. The molecule has 0 spiro atoms. The Balaban J connectivity index is 2.71. The van der Waals surface area contributed by atoms with Gasteiger partial charge in [-0.25, -0.2) is 0 Å². The molecule has 0 N–H and O–H groups in total. The van der Waals surface area contributed by atoms with E-state index in [4.69, 9.17) is 9.26 Å². The summed E-state index contributed by atoms with van der Waals surface area (Å²) >= 11 is 0. The first-order valence-corrected chi connectivity index (χ1v) is 9.59. The second kappa shape index (κ2) is 9.12. The van der Waals surface area contributed by atoms with Crippen LogP contribution in [0.4, 0.5) is 0 Å². The number of benzene rings is 1. The van der Waals surface area contributed by atoms with Gasteiger partial charge in [-0.2, -0.15) is 0 Å². The summed E-state index contributed by atoms with van der Waals surface area (Å²) < 4.78 is 24.0. The monoisotopic (exact) mass is 326 g/mol. The van der Waals surface area contributed by atoms with Crippen LogP contribution in [0.25, 0.3) is 0 Å². The molecule has 0 radical (unpaired) electrons. The average Bonchev–Trinajstić information content (AvgIpc) is 2.49. The summed E-state index contributed by atoms with van der Waals surface area (Å²) in [5.41, 5.74) is 0. The Morgan fingerprint density at radius 3 is 2.18 bits per heavy atom. The molecule has 0 amide bonds. The van der Waals surface area contributed by atoms with E-state index >= 15 is 0 Å². The highest BCUT2D eigenvalue weighted by Gasteiger charge is 2.27. The number of ether oxygens (including phenoxy) is 1. The summed E-state index contributed by atoms with van der Waals surface area (Å²) in [5, 5.41) is 0.660. The molecule has 0 aliphatic carbocycles. The van der Waals surface area contributed by atoms with E-state index in [1.807, 2.05) is 45.9 Å². The Hall–Kier alpha value is -1.12. The highest BCUT2D eigenvalue weighted by molar-refractivity contribution is 7.67. The van der Waals surface area contributed by atoms with Gasteiger partial charge in [-0.05, 0) is 24.0 Å². The average molecular weight is 326 g/mol. The van der Waals surface area contributed by atoms with E-state index in [1.165, 1.54) is 0 Å². The molecule has 1 aromatic carbocycles. The van der Waals surface area contributed by atoms with Crippen molar-refractivity contribution in [1.82, 2.24) is 0 Å². The van der Waals surface area contributed by atoms with Crippen LogP contribution in [0.15, 0.2) is 30.3 Å². The van der Waals surface area contributed by atoms with E-state index in [0.717, 1.165) is 0 Å². The van der Waals surface area contributed by atoms with Gasteiger partial charge in [-0.3, -0.25) is 9.36 Å². The third kappa shape index (κ3) is 6.76. The molecule has 124 valence electrons. The van der Waals surface area contributed by atoms with E-state index < -0.39 is 7.37 Å². The normalized spacial score (nSPS) is 14.1. The number of esters is 1. The molecule has 0 aromatic heterocycles. The van der Waals surface area contributed by atoms with Crippen molar-refractivity contribution in [2.24, 2.45) is 11.8 Å². The Morgan fingerprint density at radius 1 is 1.05 bits per heavy atom. The highest BCUT2D eigenvalue weighted by atomic mass is 31.2. The zero-order valence-electron chi connectivity index (χ0n) is 14.0. The lowest BCUT2D eigenvalue weighted by molar-refractivity contribution is -0.144. The van der Waals surface area contributed by atoms with E-state index in [1.54, 1.807) is 12.1 Å². The Kier molecular flexibility index (Phi) is 7.84. The predicted molar refractivity (Wildman–Crippen MR) is 89.8 cm³/mol. The topological polar surface area (TPSA) is 52.6 Å². The molecular weight excluding hydrogens is 299 g/mol. The Labute approximate surface area is 133 Å². The maximum Gasteiger partial charge on any atom is 0.306 e. The first kappa shape index (κ1) is 18.9. The molecule has 0 bridgehead atoms. The van der Waals surface area contributed by atoms with Crippen LogP contribution in [0.3, 0.4) is 0 Å². The summed E-state index contributed by atoms with van der Waals surface area (Å²) in [7, 11) is -3.03. The van der Waals surface area contributed by atoms with E-state index in [-0.39, 0.29) is 24.5 Å². The summed E-state index contributed by atoms with van der Waals surface area (Å²) in [6.07, 6.45) is 0.289. The SMILES string of the molecule is CC(C)COC(=O)CCP(=O)(OCC(C)C)c1ccccc1. The molecule has 22 heavy (non-hydrogen) atoms. The van der Waals surface area contributed by atoms with Crippen LogP contribution in [0.2, 0.25) is 0 Å². The summed E-state index contributed by atoms with van der Waals surface area (Å²) in [6, 6.07) is 9.11. The van der Waals surface area contributed by atoms with E-state index in [2.05, 4.69) is 0 Å². The molecule has 0 aliphatic heterocycles. The minimum absolute atomic E-state index is 0.108. The van der Waals surface area contributed by atoms with Crippen molar-refractivity contribution in [3.8, 4) is 0 Å². The molecule has 1 unspecified atom stereocenters. The zero-order valence-corrected chi connectivity index (χ0v) is 14.8. The van der Waals surface area contributed by atoms with Gasteiger partial charge in [0.15, 0.2) is 0 Å². The zero-order chi connectivity index (χ0) is 16.6. The molecule has 0 aliphatic rings. The lowest BCUT2D eigenvalue weighted by Crippen LogP contribution is -2.17. The summed E-state index contributed by atoms with van der Waals surface area (Å²) in [5.74, 6) is 0.255. The fraction of sp³-hybridized carbons (Fsp3) is 0.588. The molecule has 0 fully saturated rings. The predicted octanol–water partition coefficient (Wildman–Crippen LogP) is 3.85. The van der Waals surface area contributed by atoms with Gasteiger partial charge in [0.25, 0.3) is 0 Å². The molecular formula is C17H27O4P. The van der Waals surface area contributed by atoms with Crippen LogP contribution in [0.1, 0.15) is 34.1 Å². The maximum absolute atomic E-state index is 13.1. The fourth-order valence-electron chi connectivity index (χ4n) is 1.76. The largest absolute Gasteiger partial charge is 0.465 e. The Morgan fingerprint density at radius 2 is 1.64 bits per heavy atom. The molecule has 0 saturated carbocycles. The van der Waals surface area contributed by atoms with E-state index in [0.29, 0.717) is 24.4 Å². The van der Waals surface area contributed by atoms with Crippen LogP contribution < -0.4 is 5.30 Å². The van der Waals surface area contributed by atoms with Crippen molar-refractivity contribution in [1.29, 1.82) is 0 Å². The van der Waals surface area contributed by atoms with Gasteiger partial charge in [0.1, 0.15) is 0 Å². The number of carbonyl (C=O) groups is 1. The van der Waals surface area contributed by atoms with Crippen molar-refractivity contribution in [3.63, 3.8) is 0 Å². The third-order valence-corrected chi connectivity index (χ3v) is 5.42. The highest BCUT2D eigenvalue weighted by Crippen LogP contribution is 2.46. The molecule has 0 heterocycles. The standard InChI is InChI=1S/C17H27O4P/c1-14(2)12-20-17(18)10-11-22(19,21-13-15(3)4)16-8-6-5-7-9-16/h5-9,14-15H,10-13H2,1-4H3. The van der Waals surface area contributed by atoms with Gasteiger partial charge in [-0.1, -0.05) is 45.9 Å². The third-order valence-electron chi connectivity index (χ3n) is 2.95. The minimum Gasteiger partial charge on any atom is -0.465 e. The van der Waals surface area contributed by atoms with Gasteiger partial charge in [0.05, 0.1) is 19.6 Å². The molecule has 1 rings (SSSR count). The van der Waals surface area contributed by atoms with Crippen LogP contribution in [-0.4, -0.2) is 25.3 Å². The fourth-order valence-corrected chi connectivity index (χ4v) is 3.94. The van der Waals surface area contributed by atoms with Crippen molar-refractivity contribution in [3.05, 3.63) is 30.3 Å². The van der Waals surface area contributed by atoms with Crippen molar-refractivity contribution in [2.45, 2.75) is 34.1 Å². The van der Waals surface area contributed by atoms with Gasteiger partial charge < -0.3 is 9.26 Å². The van der Waals surface area contributed by atoms with Crippen molar-refractivity contribution in [2.75, 3.05) is 19.4 Å². The maximum atomic E-state index is 13.1. The number of hydrogen-bond donors (Lipinski definition) is 0. The number of hydrogen-bond acceptors (Lipinski definition) is 4. The van der Waals surface area contributed by atoms with Gasteiger partial charge in [0.2, 0.25) is 7.37 Å². The van der Waals surface area contributed by atoms with Crippen LogP contribution in [0.5, 0.6) is 0 Å². The van der Waals surface area contributed by atoms with E-state index in [9.17, 15) is 9.36 Å². The molecule has 1 aromatic rings. The van der Waals surface area contributed by atoms with Crippen LogP contribution in [0, 0.1) is 11.8 Å². The lowest BCUT2D eigenvalue weighted by atomic mass is 10.2. The molecule has 1 atom stereocenters. The van der Waals surface area contributed by atoms with Gasteiger partial charge >= 0.3 is 5.97 Å². The quantitative estimate of drug-likeness (QED) is 0.511. The number of rotatable bonds is 9. The number of carbonyl (C=O) groups excluding carboxylic acids is 1. The molecule has 0 saturated heterocycles. The second-order valence-corrected chi connectivity index (χ2v) is 8.82. The van der Waals surface area contributed by atoms with Gasteiger partial charge in [0, 0.05) is 11.5 Å². The first-order chi connectivity index (χ1) is 10.3. The van der Waals surface area contributed by atoms with Crippen molar-refractivity contribution >= 4 is 18.6 Å². The molecule has 5 heteroatoms. The van der Waals surface area contributed by atoms with Crippen LogP contribution in [-0.2, 0) is 18.6 Å². The summed E-state index contributed by atoms with van der Waals surface area (Å²) in [4.78, 5) is 11.8. The Bertz CT molecular complexity index is 497.